The Bertz CT molecular complexity index is 697. The van der Waals surface area contributed by atoms with Gasteiger partial charge < -0.3 is 19.6 Å². The van der Waals surface area contributed by atoms with Crippen LogP contribution in [-0.4, -0.2) is 32.3 Å². The Morgan fingerprint density at radius 2 is 2.12 bits per heavy atom. The van der Waals surface area contributed by atoms with Crippen molar-refractivity contribution in [2.45, 2.75) is 59.7 Å². The van der Waals surface area contributed by atoms with Crippen LogP contribution < -0.4 is 10.6 Å². The molecular weight excluding hydrogens is 306 g/mol. The first-order valence-electron chi connectivity index (χ1n) is 8.53. The lowest BCUT2D eigenvalue weighted by molar-refractivity contribution is 0.463. The molecule has 3 rings (SSSR count). The van der Waals surface area contributed by atoms with Crippen molar-refractivity contribution in [2.75, 3.05) is 6.54 Å². The summed E-state index contributed by atoms with van der Waals surface area (Å²) in [5, 5.41) is 15.0. The van der Waals surface area contributed by atoms with Crippen LogP contribution in [0, 0.1) is 13.8 Å². The number of aliphatic imine (C=N–C) groups is 1. The Hall–Kier alpha value is -2.38. The van der Waals surface area contributed by atoms with Crippen LogP contribution in [-0.2, 0) is 26.1 Å². The van der Waals surface area contributed by atoms with Crippen molar-refractivity contribution < 1.29 is 4.42 Å². The molecule has 0 amide bonds. The molecule has 0 bridgehead atoms. The van der Waals surface area contributed by atoms with Crippen LogP contribution in [0.5, 0.6) is 0 Å². The van der Waals surface area contributed by atoms with Gasteiger partial charge in [-0.3, -0.25) is 0 Å². The molecule has 0 saturated heterocycles. The van der Waals surface area contributed by atoms with E-state index < -0.39 is 0 Å². The van der Waals surface area contributed by atoms with Gasteiger partial charge in [0.15, 0.2) is 11.8 Å². The molecule has 8 heteroatoms. The zero-order valence-electron chi connectivity index (χ0n) is 14.6. The van der Waals surface area contributed by atoms with Crippen LogP contribution in [0.1, 0.15) is 48.8 Å². The fourth-order valence-corrected chi connectivity index (χ4v) is 2.75. The van der Waals surface area contributed by atoms with Crippen molar-refractivity contribution in [3.05, 3.63) is 29.0 Å². The molecule has 0 spiro atoms. The summed E-state index contributed by atoms with van der Waals surface area (Å²) in [7, 11) is 0. The summed E-state index contributed by atoms with van der Waals surface area (Å²) in [6, 6.07) is 0. The molecule has 130 valence electrons. The van der Waals surface area contributed by atoms with Crippen molar-refractivity contribution in [3.8, 4) is 0 Å². The van der Waals surface area contributed by atoms with E-state index in [9.17, 15) is 0 Å². The van der Waals surface area contributed by atoms with Crippen molar-refractivity contribution in [3.63, 3.8) is 0 Å². The molecule has 2 aromatic heterocycles. The molecule has 1 aliphatic rings. The first-order valence-corrected chi connectivity index (χ1v) is 8.53. The molecule has 0 atom stereocenters. The van der Waals surface area contributed by atoms with Gasteiger partial charge in [-0.25, -0.2) is 9.98 Å². The van der Waals surface area contributed by atoms with Gasteiger partial charge in [0.2, 0.25) is 5.89 Å². The van der Waals surface area contributed by atoms with E-state index in [0.29, 0.717) is 19.0 Å². The first-order chi connectivity index (χ1) is 11.7. The maximum atomic E-state index is 5.58. The highest BCUT2D eigenvalue weighted by Gasteiger charge is 2.15. The summed E-state index contributed by atoms with van der Waals surface area (Å²) in [4.78, 5) is 8.98. The number of aromatic nitrogens is 4. The number of fused-ring (bicyclic) bond motifs is 1. The topological polar surface area (TPSA) is 93.2 Å². The summed E-state index contributed by atoms with van der Waals surface area (Å²) < 4.78 is 7.78. The molecule has 8 nitrogen and oxygen atoms in total. The third-order valence-corrected chi connectivity index (χ3v) is 4.14. The predicted molar refractivity (Wildman–Crippen MR) is 90.6 cm³/mol. The summed E-state index contributed by atoms with van der Waals surface area (Å²) in [6.07, 6.45) is 3.39. The van der Waals surface area contributed by atoms with E-state index in [1.807, 2.05) is 20.8 Å². The van der Waals surface area contributed by atoms with Crippen LogP contribution >= 0.6 is 0 Å². The highest BCUT2D eigenvalue weighted by molar-refractivity contribution is 5.79. The normalized spacial score (nSPS) is 14.5. The number of nitrogens with zero attached hydrogens (tertiary/aromatic N) is 5. The van der Waals surface area contributed by atoms with Gasteiger partial charge in [-0.05, 0) is 33.6 Å². The summed E-state index contributed by atoms with van der Waals surface area (Å²) in [5.41, 5.74) is 0.920. The van der Waals surface area contributed by atoms with E-state index in [1.165, 1.54) is 12.8 Å². The minimum Gasteiger partial charge on any atom is -0.444 e. The number of oxazole rings is 1. The summed E-state index contributed by atoms with van der Waals surface area (Å²) in [6.45, 7) is 8.68. The molecule has 2 aromatic rings. The minimum atomic E-state index is 0.498. The van der Waals surface area contributed by atoms with Gasteiger partial charge in [-0.2, -0.15) is 0 Å². The Morgan fingerprint density at radius 3 is 2.88 bits per heavy atom. The second-order valence-electron chi connectivity index (χ2n) is 5.94. The lowest BCUT2D eigenvalue weighted by atomic mass is 10.2. The lowest BCUT2D eigenvalue weighted by Crippen LogP contribution is -2.37. The molecule has 24 heavy (non-hydrogen) atoms. The van der Waals surface area contributed by atoms with Gasteiger partial charge in [-0.1, -0.05) is 0 Å². The number of hydrogen-bond donors (Lipinski definition) is 2. The number of rotatable bonds is 5. The fraction of sp³-hybridized carbons (Fsp3) is 0.625. The third kappa shape index (κ3) is 3.74. The molecule has 0 radical (unpaired) electrons. The average Bonchev–Trinajstić information content (AvgIpc) is 3.14. The van der Waals surface area contributed by atoms with Crippen molar-refractivity contribution in [1.82, 2.24) is 30.4 Å². The number of guanidine groups is 1. The van der Waals surface area contributed by atoms with Gasteiger partial charge in [0.05, 0.1) is 12.2 Å². The van der Waals surface area contributed by atoms with Crippen molar-refractivity contribution >= 4 is 5.96 Å². The lowest BCUT2D eigenvalue weighted by Gasteiger charge is -2.14. The monoisotopic (exact) mass is 331 g/mol. The minimum absolute atomic E-state index is 0.498. The van der Waals surface area contributed by atoms with E-state index in [1.54, 1.807) is 0 Å². The number of hydrogen-bond acceptors (Lipinski definition) is 5. The SMILES string of the molecule is CCNC(=NCc1nnc2n1CCCC2)NCc1nc(C)c(C)o1. The van der Waals surface area contributed by atoms with E-state index >= 15 is 0 Å². The van der Waals surface area contributed by atoms with Crippen LogP contribution in [0.25, 0.3) is 0 Å². The highest BCUT2D eigenvalue weighted by atomic mass is 16.4. The van der Waals surface area contributed by atoms with E-state index in [0.717, 1.165) is 48.6 Å². The first kappa shape index (κ1) is 16.5. The van der Waals surface area contributed by atoms with E-state index in [4.69, 9.17) is 4.42 Å². The van der Waals surface area contributed by atoms with Crippen molar-refractivity contribution in [2.24, 2.45) is 4.99 Å². The Balaban J connectivity index is 1.64. The Labute approximate surface area is 141 Å². The van der Waals surface area contributed by atoms with Crippen LogP contribution in [0.2, 0.25) is 0 Å². The Kier molecular flexibility index (Phi) is 5.12. The van der Waals surface area contributed by atoms with Gasteiger partial charge in [0.1, 0.15) is 18.1 Å². The number of nitrogens with one attached hydrogen (secondary N) is 2. The van der Waals surface area contributed by atoms with Crippen LogP contribution in [0.4, 0.5) is 0 Å². The average molecular weight is 331 g/mol. The summed E-state index contributed by atoms with van der Waals surface area (Å²) >= 11 is 0. The van der Waals surface area contributed by atoms with Crippen LogP contribution in [0.15, 0.2) is 9.41 Å². The molecule has 0 fully saturated rings. The molecule has 1 aliphatic heterocycles. The molecule has 2 N–H and O–H groups in total. The zero-order valence-corrected chi connectivity index (χ0v) is 14.6. The summed E-state index contributed by atoms with van der Waals surface area (Å²) in [5.74, 6) is 4.23. The highest BCUT2D eigenvalue weighted by Crippen LogP contribution is 2.14. The fourth-order valence-electron chi connectivity index (χ4n) is 2.75. The standard InChI is InChI=1S/C16H25N7O/c1-4-17-16(19-10-15-20-11(2)12(3)24-15)18-9-14-22-21-13-7-5-6-8-23(13)14/h4-10H2,1-3H3,(H2,17,18,19). The quantitative estimate of drug-likeness (QED) is 0.637. The smallest absolute Gasteiger partial charge is 0.214 e. The number of aryl methyl sites for hydroxylation is 3. The molecule has 0 saturated carbocycles. The van der Waals surface area contributed by atoms with Crippen LogP contribution in [0.3, 0.4) is 0 Å². The molecule has 0 unspecified atom stereocenters. The predicted octanol–water partition coefficient (Wildman–Crippen LogP) is 1.47. The van der Waals surface area contributed by atoms with Gasteiger partial charge in [0.25, 0.3) is 0 Å². The van der Waals surface area contributed by atoms with E-state index in [-0.39, 0.29) is 0 Å². The second-order valence-corrected chi connectivity index (χ2v) is 5.94. The van der Waals surface area contributed by atoms with Crippen molar-refractivity contribution in [1.29, 1.82) is 0 Å². The van der Waals surface area contributed by atoms with Gasteiger partial charge >= 0.3 is 0 Å². The molecule has 0 aromatic carbocycles. The molecular formula is C16H25N7O. The largest absolute Gasteiger partial charge is 0.444 e. The molecule has 0 aliphatic carbocycles. The third-order valence-electron chi connectivity index (χ3n) is 4.14. The zero-order chi connectivity index (χ0) is 16.9. The van der Waals surface area contributed by atoms with Gasteiger partial charge in [0, 0.05) is 19.5 Å². The molecule has 3 heterocycles. The second kappa shape index (κ2) is 7.46. The van der Waals surface area contributed by atoms with E-state index in [2.05, 4.69) is 35.4 Å². The van der Waals surface area contributed by atoms with Gasteiger partial charge in [-0.15, -0.1) is 10.2 Å². The Morgan fingerprint density at radius 1 is 1.25 bits per heavy atom. The maximum absolute atomic E-state index is 5.58. The maximum Gasteiger partial charge on any atom is 0.214 e.